The largest absolute Gasteiger partial charge is 0.493 e. The van der Waals surface area contributed by atoms with Gasteiger partial charge in [-0.05, 0) is 48.7 Å². The molecule has 1 aromatic carbocycles. The standard InChI is InChI=1S/C24H24N4O5/c1-32-24(31)16-4-5-19-20(11-16)28(13-17-7-10-33-17)21(26-19)14-27-9-6-15(12-22(27)29)18-3-2-8-25-23(18)30/h2-5,8,11-12,17H,6-7,9-10,13-14H2,1H3,(H,25,30)/t17-/m0/s1. The summed E-state index contributed by atoms with van der Waals surface area (Å²) in [6, 6.07) is 8.76. The predicted octanol–water partition coefficient (Wildman–Crippen LogP) is 2.53. The number of aromatic nitrogens is 3. The number of fused-ring (bicyclic) bond motifs is 1. The third-order valence-corrected chi connectivity index (χ3v) is 6.15. The van der Waals surface area contributed by atoms with Crippen molar-refractivity contribution in [3.63, 3.8) is 0 Å². The second-order valence-electron chi connectivity index (χ2n) is 8.17. The average molecular weight is 448 g/mol. The summed E-state index contributed by atoms with van der Waals surface area (Å²) in [4.78, 5) is 35.3. The predicted molar refractivity (Wildman–Crippen MR) is 119 cm³/mol. The molecule has 1 fully saturated rings. The number of pyridine rings is 1. The minimum absolute atomic E-state index is 0.0753. The number of imidazole rings is 1. The van der Waals surface area contributed by atoms with E-state index < -0.39 is 5.97 Å². The molecule has 2 aromatic heterocycles. The van der Waals surface area contributed by atoms with Gasteiger partial charge in [-0.25, -0.2) is 14.8 Å². The molecular weight excluding hydrogens is 424 g/mol. The maximum absolute atomic E-state index is 12.9. The molecular formula is C24H24N4O5. The summed E-state index contributed by atoms with van der Waals surface area (Å²) in [6.45, 7) is 2.16. The van der Waals surface area contributed by atoms with Crippen LogP contribution < -0.4 is 0 Å². The summed E-state index contributed by atoms with van der Waals surface area (Å²) in [5.74, 6) is 0.104. The Morgan fingerprint density at radius 1 is 1.33 bits per heavy atom. The zero-order chi connectivity index (χ0) is 22.9. The summed E-state index contributed by atoms with van der Waals surface area (Å²) in [7, 11) is 1.35. The van der Waals surface area contributed by atoms with Gasteiger partial charge in [-0.15, -0.1) is 0 Å². The van der Waals surface area contributed by atoms with Crippen molar-refractivity contribution in [3.05, 3.63) is 59.6 Å². The van der Waals surface area contributed by atoms with E-state index in [0.717, 1.165) is 35.5 Å². The van der Waals surface area contributed by atoms with Crippen molar-refractivity contribution in [1.82, 2.24) is 19.4 Å². The molecule has 1 saturated heterocycles. The van der Waals surface area contributed by atoms with Crippen molar-refractivity contribution in [2.75, 3.05) is 20.3 Å². The lowest BCUT2D eigenvalue weighted by Crippen LogP contribution is -2.36. The average Bonchev–Trinajstić information content (AvgIpc) is 3.13. The molecule has 1 atom stereocenters. The minimum atomic E-state index is -0.409. The SMILES string of the molecule is COC(=O)c1ccc2nc(CN3CCC(c4cccnc4O)=CC3=O)n(C[C@@H]3CCO3)c2c1. The van der Waals surface area contributed by atoms with Crippen LogP contribution in [0.15, 0.2) is 42.6 Å². The topological polar surface area (TPSA) is 107 Å². The van der Waals surface area contributed by atoms with E-state index in [4.69, 9.17) is 14.5 Å². The second kappa shape index (κ2) is 8.67. The van der Waals surface area contributed by atoms with Gasteiger partial charge in [-0.2, -0.15) is 0 Å². The first-order chi connectivity index (χ1) is 16.0. The highest BCUT2D eigenvalue weighted by molar-refractivity contribution is 5.97. The van der Waals surface area contributed by atoms with Gasteiger partial charge in [0.1, 0.15) is 5.82 Å². The van der Waals surface area contributed by atoms with Crippen LogP contribution in [0, 0.1) is 0 Å². The molecule has 2 aliphatic rings. The van der Waals surface area contributed by atoms with Crippen molar-refractivity contribution in [1.29, 1.82) is 0 Å². The number of aromatic hydroxyl groups is 1. The highest BCUT2D eigenvalue weighted by Crippen LogP contribution is 2.29. The fourth-order valence-corrected chi connectivity index (χ4v) is 4.24. The van der Waals surface area contributed by atoms with Gasteiger partial charge in [0.05, 0.1) is 42.9 Å². The highest BCUT2D eigenvalue weighted by atomic mass is 16.5. The lowest BCUT2D eigenvalue weighted by molar-refractivity contribution is -0.127. The fourth-order valence-electron chi connectivity index (χ4n) is 4.24. The van der Waals surface area contributed by atoms with Crippen LogP contribution in [-0.4, -0.2) is 62.8 Å². The van der Waals surface area contributed by atoms with Gasteiger partial charge in [0.15, 0.2) is 0 Å². The first kappa shape index (κ1) is 21.1. The first-order valence-electron chi connectivity index (χ1n) is 10.9. The van der Waals surface area contributed by atoms with Crippen LogP contribution in [0.2, 0.25) is 0 Å². The molecule has 0 unspecified atom stereocenters. The molecule has 3 aromatic rings. The molecule has 9 nitrogen and oxygen atoms in total. The number of esters is 1. The Morgan fingerprint density at radius 3 is 2.88 bits per heavy atom. The van der Waals surface area contributed by atoms with Crippen LogP contribution in [0.3, 0.4) is 0 Å². The number of nitrogens with zero attached hydrogens (tertiary/aromatic N) is 4. The third kappa shape index (κ3) is 4.07. The lowest BCUT2D eigenvalue weighted by Gasteiger charge is -2.29. The van der Waals surface area contributed by atoms with E-state index in [1.807, 2.05) is 4.57 Å². The molecule has 170 valence electrons. The molecule has 9 heteroatoms. The van der Waals surface area contributed by atoms with Crippen LogP contribution in [0.5, 0.6) is 5.88 Å². The van der Waals surface area contributed by atoms with Gasteiger partial charge in [-0.3, -0.25) is 4.79 Å². The third-order valence-electron chi connectivity index (χ3n) is 6.15. The Balaban J connectivity index is 1.44. The number of hydrogen-bond donors (Lipinski definition) is 1. The molecule has 4 heterocycles. The van der Waals surface area contributed by atoms with Crippen LogP contribution in [-0.2, 0) is 27.4 Å². The molecule has 0 spiro atoms. The molecule has 0 saturated carbocycles. The molecule has 0 aliphatic carbocycles. The molecule has 1 amide bonds. The molecule has 5 rings (SSSR count). The van der Waals surface area contributed by atoms with Gasteiger partial charge in [0.25, 0.3) is 0 Å². The van der Waals surface area contributed by atoms with Crippen molar-refractivity contribution in [2.45, 2.75) is 32.0 Å². The quantitative estimate of drug-likeness (QED) is 0.578. The molecule has 1 N–H and O–H groups in total. The normalized spacial score (nSPS) is 18.2. The second-order valence-corrected chi connectivity index (χ2v) is 8.17. The molecule has 2 aliphatic heterocycles. The van der Waals surface area contributed by atoms with Crippen LogP contribution in [0.4, 0.5) is 0 Å². The Bertz CT molecular complexity index is 1260. The molecule has 0 radical (unpaired) electrons. The van der Waals surface area contributed by atoms with Gasteiger partial charge < -0.3 is 24.0 Å². The summed E-state index contributed by atoms with van der Waals surface area (Å²) in [5.41, 5.74) is 3.35. The lowest BCUT2D eigenvalue weighted by atomic mass is 10.00. The maximum Gasteiger partial charge on any atom is 0.337 e. The van der Waals surface area contributed by atoms with Crippen LogP contribution in [0.1, 0.15) is 34.6 Å². The Morgan fingerprint density at radius 2 is 2.18 bits per heavy atom. The number of benzene rings is 1. The van der Waals surface area contributed by atoms with Gasteiger partial charge in [-0.1, -0.05) is 0 Å². The Labute approximate surface area is 190 Å². The zero-order valence-corrected chi connectivity index (χ0v) is 18.2. The van der Waals surface area contributed by atoms with Crippen molar-refractivity contribution >= 4 is 28.5 Å². The number of methoxy groups -OCH3 is 1. The smallest absolute Gasteiger partial charge is 0.337 e. The number of amides is 1. The number of carbonyl (C=O) groups is 2. The van der Waals surface area contributed by atoms with Crippen molar-refractivity contribution < 1.29 is 24.2 Å². The Hall–Kier alpha value is -3.72. The minimum Gasteiger partial charge on any atom is -0.493 e. The van der Waals surface area contributed by atoms with Crippen LogP contribution >= 0.6 is 0 Å². The maximum atomic E-state index is 12.9. The van der Waals surface area contributed by atoms with Gasteiger partial charge >= 0.3 is 5.97 Å². The van der Waals surface area contributed by atoms with E-state index >= 15 is 0 Å². The number of carbonyl (C=O) groups excluding carboxylic acids is 2. The summed E-state index contributed by atoms with van der Waals surface area (Å²) >= 11 is 0. The fraction of sp³-hybridized carbons (Fsp3) is 0.333. The monoisotopic (exact) mass is 448 g/mol. The van der Waals surface area contributed by atoms with Gasteiger partial charge in [0, 0.05) is 31.0 Å². The number of rotatable bonds is 6. The zero-order valence-electron chi connectivity index (χ0n) is 18.2. The number of ether oxygens (including phenoxy) is 2. The van der Waals surface area contributed by atoms with E-state index in [-0.39, 0.29) is 17.9 Å². The molecule has 0 bridgehead atoms. The van der Waals surface area contributed by atoms with Crippen molar-refractivity contribution in [3.8, 4) is 5.88 Å². The van der Waals surface area contributed by atoms with E-state index in [1.54, 1.807) is 41.3 Å². The highest BCUT2D eigenvalue weighted by Gasteiger charge is 2.26. The van der Waals surface area contributed by atoms with E-state index in [2.05, 4.69) is 4.98 Å². The first-order valence-corrected chi connectivity index (χ1v) is 10.9. The van der Waals surface area contributed by atoms with E-state index in [0.29, 0.717) is 37.2 Å². The van der Waals surface area contributed by atoms with E-state index in [9.17, 15) is 14.7 Å². The van der Waals surface area contributed by atoms with Gasteiger partial charge in [0.2, 0.25) is 11.8 Å². The summed E-state index contributed by atoms with van der Waals surface area (Å²) in [6.07, 6.45) is 4.71. The Kier molecular flexibility index (Phi) is 5.55. The van der Waals surface area contributed by atoms with E-state index in [1.165, 1.54) is 13.3 Å². The number of hydrogen-bond acceptors (Lipinski definition) is 7. The van der Waals surface area contributed by atoms with Crippen LogP contribution in [0.25, 0.3) is 16.6 Å². The van der Waals surface area contributed by atoms with Crippen molar-refractivity contribution in [2.24, 2.45) is 0 Å². The molecule has 33 heavy (non-hydrogen) atoms. The summed E-state index contributed by atoms with van der Waals surface area (Å²) in [5, 5.41) is 10.0. The summed E-state index contributed by atoms with van der Waals surface area (Å²) < 4.78 is 12.5.